The van der Waals surface area contributed by atoms with E-state index in [9.17, 15) is 25.2 Å². The number of ketones is 1. The summed E-state index contributed by atoms with van der Waals surface area (Å²) in [6.07, 6.45) is 2.61. The summed E-state index contributed by atoms with van der Waals surface area (Å²) in [7, 11) is 1.26. The third kappa shape index (κ3) is 2.95. The molecule has 0 aliphatic carbocycles. The number of hydrogen-bond acceptors (Lipinski definition) is 6. The number of carbonyl (C=O) groups excluding carboxylic acids is 1. The first kappa shape index (κ1) is 15.2. The Morgan fingerprint density at radius 3 is 2.32 bits per heavy atom. The van der Waals surface area contributed by atoms with Crippen LogP contribution in [0.25, 0.3) is 6.08 Å². The van der Waals surface area contributed by atoms with Crippen LogP contribution in [0.1, 0.15) is 15.9 Å². The molecule has 2 aromatic rings. The number of allylic oxidation sites excluding steroid dienone is 1. The molecule has 0 aromatic heterocycles. The molecule has 0 fully saturated rings. The third-order valence-electron chi connectivity index (χ3n) is 3.01. The van der Waals surface area contributed by atoms with Gasteiger partial charge in [0.1, 0.15) is 0 Å². The van der Waals surface area contributed by atoms with Gasteiger partial charge in [-0.25, -0.2) is 0 Å². The Labute approximate surface area is 126 Å². The number of ether oxygens (including phenoxy) is 1. The van der Waals surface area contributed by atoms with Gasteiger partial charge in [-0.3, -0.25) is 4.79 Å². The van der Waals surface area contributed by atoms with Gasteiger partial charge in [-0.2, -0.15) is 0 Å². The molecular formula is C16H14O6. The fourth-order valence-electron chi connectivity index (χ4n) is 1.87. The van der Waals surface area contributed by atoms with Gasteiger partial charge in [0.2, 0.25) is 5.75 Å². The van der Waals surface area contributed by atoms with E-state index in [1.54, 1.807) is 0 Å². The van der Waals surface area contributed by atoms with E-state index < -0.39 is 11.5 Å². The zero-order chi connectivity index (χ0) is 16.3. The second kappa shape index (κ2) is 6.09. The van der Waals surface area contributed by atoms with Gasteiger partial charge in [0.15, 0.2) is 28.8 Å². The first-order valence-corrected chi connectivity index (χ1v) is 6.27. The predicted octanol–water partition coefficient (Wildman–Crippen LogP) is 2.41. The molecule has 2 rings (SSSR count). The van der Waals surface area contributed by atoms with Crippen LogP contribution < -0.4 is 4.74 Å². The summed E-state index contributed by atoms with van der Waals surface area (Å²) in [4.78, 5) is 12.1. The molecule has 6 nitrogen and oxygen atoms in total. The van der Waals surface area contributed by atoms with Crippen molar-refractivity contribution in [1.29, 1.82) is 0 Å². The van der Waals surface area contributed by atoms with Gasteiger partial charge in [-0.15, -0.1) is 0 Å². The smallest absolute Gasteiger partial charge is 0.203 e. The Morgan fingerprint density at radius 1 is 1.00 bits per heavy atom. The molecular weight excluding hydrogens is 288 g/mol. The number of benzene rings is 2. The fraction of sp³-hybridized carbons (Fsp3) is 0.0625. The lowest BCUT2D eigenvalue weighted by Gasteiger charge is -2.08. The van der Waals surface area contributed by atoms with Crippen molar-refractivity contribution >= 4 is 11.9 Å². The number of aromatic hydroxyl groups is 4. The van der Waals surface area contributed by atoms with Crippen LogP contribution in [-0.4, -0.2) is 33.3 Å². The second-order valence-electron chi connectivity index (χ2n) is 4.46. The van der Waals surface area contributed by atoms with Crippen LogP contribution in [0, 0.1) is 0 Å². The average Bonchev–Trinajstić information content (AvgIpc) is 2.49. The zero-order valence-corrected chi connectivity index (χ0v) is 11.6. The van der Waals surface area contributed by atoms with Gasteiger partial charge in [0, 0.05) is 0 Å². The van der Waals surface area contributed by atoms with Crippen molar-refractivity contribution in [2.45, 2.75) is 0 Å². The Kier molecular flexibility index (Phi) is 4.22. The number of phenolic OH excluding ortho intramolecular Hbond substituents is 4. The fourth-order valence-corrected chi connectivity index (χ4v) is 1.87. The van der Waals surface area contributed by atoms with Gasteiger partial charge in [0.25, 0.3) is 0 Å². The highest BCUT2D eigenvalue weighted by Gasteiger charge is 2.16. The molecule has 0 heterocycles. The maximum atomic E-state index is 12.1. The third-order valence-corrected chi connectivity index (χ3v) is 3.01. The largest absolute Gasteiger partial charge is 0.504 e. The molecule has 0 saturated heterocycles. The highest BCUT2D eigenvalue weighted by molar-refractivity contribution is 6.09. The summed E-state index contributed by atoms with van der Waals surface area (Å²) in [6, 6.07) is 6.60. The van der Waals surface area contributed by atoms with Crippen LogP contribution in [0.5, 0.6) is 28.7 Å². The molecule has 0 spiro atoms. The maximum absolute atomic E-state index is 12.1. The highest BCUT2D eigenvalue weighted by Crippen LogP contribution is 2.38. The molecule has 0 saturated carbocycles. The van der Waals surface area contributed by atoms with E-state index in [2.05, 4.69) is 0 Å². The normalized spacial score (nSPS) is 10.8. The lowest BCUT2D eigenvalue weighted by Crippen LogP contribution is -1.97. The monoisotopic (exact) mass is 302 g/mol. The maximum Gasteiger partial charge on any atom is 0.203 e. The van der Waals surface area contributed by atoms with Crippen LogP contribution in [0.2, 0.25) is 0 Å². The predicted molar refractivity (Wildman–Crippen MR) is 79.5 cm³/mol. The summed E-state index contributed by atoms with van der Waals surface area (Å²) in [5.41, 5.74) is 0.461. The Morgan fingerprint density at radius 2 is 1.68 bits per heavy atom. The first-order valence-electron chi connectivity index (χ1n) is 6.27. The minimum atomic E-state index is -0.511. The van der Waals surface area contributed by atoms with E-state index in [-0.39, 0.29) is 28.6 Å². The van der Waals surface area contributed by atoms with Crippen molar-refractivity contribution in [1.82, 2.24) is 0 Å². The van der Waals surface area contributed by atoms with E-state index in [1.807, 2.05) is 0 Å². The van der Waals surface area contributed by atoms with Crippen LogP contribution in [0.4, 0.5) is 0 Å². The molecule has 0 amide bonds. The molecule has 0 aliphatic rings. The second-order valence-corrected chi connectivity index (χ2v) is 4.46. The Balaban J connectivity index is 2.29. The number of carbonyl (C=O) groups is 1. The van der Waals surface area contributed by atoms with Gasteiger partial charge in [-0.1, -0.05) is 12.1 Å². The van der Waals surface area contributed by atoms with E-state index >= 15 is 0 Å². The lowest BCUT2D eigenvalue weighted by molar-refractivity contribution is 0.104. The number of phenols is 4. The van der Waals surface area contributed by atoms with Gasteiger partial charge >= 0.3 is 0 Å². The van der Waals surface area contributed by atoms with Crippen molar-refractivity contribution in [3.63, 3.8) is 0 Å². The van der Waals surface area contributed by atoms with E-state index in [1.165, 1.54) is 49.6 Å². The van der Waals surface area contributed by atoms with E-state index in [0.717, 1.165) is 0 Å². The number of rotatable bonds is 4. The molecule has 4 N–H and O–H groups in total. The molecule has 2 aromatic carbocycles. The summed E-state index contributed by atoms with van der Waals surface area (Å²) >= 11 is 0. The molecule has 6 heteroatoms. The Bertz CT molecular complexity index is 749. The van der Waals surface area contributed by atoms with Crippen molar-refractivity contribution < 1.29 is 30.0 Å². The van der Waals surface area contributed by atoms with E-state index in [0.29, 0.717) is 5.56 Å². The van der Waals surface area contributed by atoms with Gasteiger partial charge in [0.05, 0.1) is 12.7 Å². The molecule has 22 heavy (non-hydrogen) atoms. The SMILES string of the molecule is COc1c(O)ccc(C(=O)/C=C/c2ccc(O)c(O)c2)c1O. The topological polar surface area (TPSA) is 107 Å². The van der Waals surface area contributed by atoms with Gasteiger partial charge in [-0.05, 0) is 35.9 Å². The van der Waals surface area contributed by atoms with E-state index in [4.69, 9.17) is 4.74 Å². The summed E-state index contributed by atoms with van der Waals surface area (Å²) in [6.45, 7) is 0. The summed E-state index contributed by atoms with van der Waals surface area (Å²) in [5, 5.41) is 38.0. The van der Waals surface area contributed by atoms with Gasteiger partial charge < -0.3 is 25.2 Å². The van der Waals surface area contributed by atoms with Crippen LogP contribution in [0.3, 0.4) is 0 Å². The minimum Gasteiger partial charge on any atom is -0.504 e. The minimum absolute atomic E-state index is 0.0334. The molecule has 0 atom stereocenters. The summed E-state index contributed by atoms with van der Waals surface area (Å²) in [5.74, 6) is -1.98. The molecule has 0 aliphatic heterocycles. The van der Waals surface area contributed by atoms with Crippen LogP contribution in [0.15, 0.2) is 36.4 Å². The highest BCUT2D eigenvalue weighted by atomic mass is 16.5. The van der Waals surface area contributed by atoms with Crippen LogP contribution in [-0.2, 0) is 0 Å². The number of methoxy groups -OCH3 is 1. The van der Waals surface area contributed by atoms with Crippen molar-refractivity contribution in [3.05, 3.63) is 47.5 Å². The Hall–Kier alpha value is -3.15. The lowest BCUT2D eigenvalue weighted by atomic mass is 10.1. The van der Waals surface area contributed by atoms with Crippen molar-refractivity contribution in [3.8, 4) is 28.7 Å². The standard InChI is InChI=1S/C16H14O6/c1-22-16-13(19)7-4-10(15(16)21)11(17)5-2-9-3-6-12(18)14(20)8-9/h2-8,18-21H,1H3/b5-2+. The van der Waals surface area contributed by atoms with Crippen LogP contribution >= 0.6 is 0 Å². The summed E-state index contributed by atoms with van der Waals surface area (Å²) < 4.78 is 4.82. The molecule has 0 bridgehead atoms. The average molecular weight is 302 g/mol. The molecule has 0 unspecified atom stereocenters. The van der Waals surface area contributed by atoms with Crippen molar-refractivity contribution in [2.24, 2.45) is 0 Å². The first-order chi connectivity index (χ1) is 10.4. The van der Waals surface area contributed by atoms with Crippen molar-refractivity contribution in [2.75, 3.05) is 7.11 Å². The molecule has 0 radical (unpaired) electrons. The zero-order valence-electron chi connectivity index (χ0n) is 11.6. The number of hydrogen-bond donors (Lipinski definition) is 4. The quantitative estimate of drug-likeness (QED) is 0.392. The molecule has 114 valence electrons.